The second-order valence-electron chi connectivity index (χ2n) is 10.6. The van der Waals surface area contributed by atoms with Gasteiger partial charge in [-0.3, -0.25) is 14.4 Å². The fourth-order valence-corrected chi connectivity index (χ4v) is 5.31. The molecule has 2 aromatic heterocycles. The number of amides is 3. The fourth-order valence-electron chi connectivity index (χ4n) is 4.82. The minimum Gasteiger partial charge on any atom is -0.508 e. The van der Waals surface area contributed by atoms with Gasteiger partial charge in [0.1, 0.15) is 23.9 Å². The van der Waals surface area contributed by atoms with E-state index in [2.05, 4.69) is 30.9 Å². The number of nitrogens with zero attached hydrogens (tertiary/aromatic N) is 1. The molecule has 2 aromatic carbocycles. The first kappa shape index (κ1) is 33.1. The van der Waals surface area contributed by atoms with E-state index in [0.29, 0.717) is 29.0 Å². The molecule has 4 aromatic rings. The quantitative estimate of drug-likeness (QED) is 0.0888. The van der Waals surface area contributed by atoms with Gasteiger partial charge in [0.15, 0.2) is 0 Å². The second kappa shape index (κ2) is 15.8. The Morgan fingerprint density at radius 1 is 0.889 bits per heavy atom. The first-order valence-corrected chi connectivity index (χ1v) is 15.7. The summed E-state index contributed by atoms with van der Waals surface area (Å²) in [4.78, 5) is 62.5. The SMILES string of the molecule is CSCCC(N)C(=O)NC(Cc1cnc[nH]1)C(=O)NC(Cc1ccc(O)cc1)C(=O)NC(Cc1c[nH]c2ccccc12)C(=O)O. The zero-order valence-corrected chi connectivity index (χ0v) is 25.5. The van der Waals surface area contributed by atoms with E-state index in [0.717, 1.165) is 10.9 Å². The number of nitrogens with two attached hydrogens (primary N) is 1. The molecule has 0 saturated carbocycles. The molecule has 238 valence electrons. The van der Waals surface area contributed by atoms with Crippen LogP contribution in [0.25, 0.3) is 10.9 Å². The molecule has 0 spiro atoms. The number of aliphatic carboxylic acids is 1. The average Bonchev–Trinajstić information content (AvgIpc) is 3.69. The highest BCUT2D eigenvalue weighted by molar-refractivity contribution is 7.98. The summed E-state index contributed by atoms with van der Waals surface area (Å²) in [7, 11) is 0. The Kier molecular flexibility index (Phi) is 11.6. The number of para-hydroxylation sites is 1. The number of thioether (sulfide) groups is 1. The number of carboxylic acids is 1. The van der Waals surface area contributed by atoms with Gasteiger partial charge >= 0.3 is 5.97 Å². The number of aromatic amines is 2. The van der Waals surface area contributed by atoms with Crippen molar-refractivity contribution in [3.63, 3.8) is 0 Å². The van der Waals surface area contributed by atoms with Crippen molar-refractivity contribution in [1.82, 2.24) is 30.9 Å². The number of phenolic OH excluding ortho intramolecular Hbond substituents is 1. The third kappa shape index (κ3) is 9.33. The predicted octanol–water partition coefficient (Wildman–Crippen LogP) is 1.24. The lowest BCUT2D eigenvalue weighted by atomic mass is 10.0. The van der Waals surface area contributed by atoms with Crippen molar-refractivity contribution in [3.8, 4) is 5.75 Å². The molecule has 0 radical (unpaired) electrons. The van der Waals surface area contributed by atoms with Crippen LogP contribution < -0.4 is 21.7 Å². The van der Waals surface area contributed by atoms with Gasteiger partial charge in [0.25, 0.3) is 0 Å². The second-order valence-corrected chi connectivity index (χ2v) is 11.6. The van der Waals surface area contributed by atoms with E-state index in [1.54, 1.807) is 30.1 Å². The number of fused-ring (bicyclic) bond motifs is 1. The van der Waals surface area contributed by atoms with Gasteiger partial charge in [0, 0.05) is 48.3 Å². The summed E-state index contributed by atoms with van der Waals surface area (Å²) < 4.78 is 0. The number of nitrogens with one attached hydrogen (secondary N) is 5. The van der Waals surface area contributed by atoms with Crippen LogP contribution >= 0.6 is 11.8 Å². The smallest absolute Gasteiger partial charge is 0.326 e. The van der Waals surface area contributed by atoms with Gasteiger partial charge in [0.05, 0.1) is 12.4 Å². The lowest BCUT2D eigenvalue weighted by Gasteiger charge is -2.25. The third-order valence-corrected chi connectivity index (χ3v) is 7.95. The molecule has 4 rings (SSSR count). The van der Waals surface area contributed by atoms with Crippen LogP contribution in [0.1, 0.15) is 23.2 Å². The highest BCUT2D eigenvalue weighted by Crippen LogP contribution is 2.19. The number of carbonyl (C=O) groups is 4. The van der Waals surface area contributed by atoms with E-state index in [-0.39, 0.29) is 25.0 Å². The molecule has 13 nitrogen and oxygen atoms in total. The average molecular weight is 636 g/mol. The van der Waals surface area contributed by atoms with Crippen molar-refractivity contribution in [2.45, 2.75) is 49.9 Å². The zero-order chi connectivity index (χ0) is 32.3. The Bertz CT molecular complexity index is 1590. The monoisotopic (exact) mass is 635 g/mol. The first-order valence-electron chi connectivity index (χ1n) is 14.3. The predicted molar refractivity (Wildman–Crippen MR) is 171 cm³/mol. The largest absolute Gasteiger partial charge is 0.508 e. The minimum absolute atomic E-state index is 0.00258. The lowest BCUT2D eigenvalue weighted by Crippen LogP contribution is -2.58. The van der Waals surface area contributed by atoms with Gasteiger partial charge in [-0.1, -0.05) is 30.3 Å². The molecule has 14 heteroatoms. The molecule has 0 aliphatic heterocycles. The Hall–Kier alpha value is -4.82. The Balaban J connectivity index is 1.55. The molecule has 0 aliphatic carbocycles. The molecule has 0 saturated heterocycles. The number of benzene rings is 2. The summed E-state index contributed by atoms with van der Waals surface area (Å²) in [5, 5.41) is 28.5. The number of aromatic nitrogens is 3. The highest BCUT2D eigenvalue weighted by atomic mass is 32.2. The summed E-state index contributed by atoms with van der Waals surface area (Å²) in [6.07, 6.45) is 6.98. The number of hydrogen-bond acceptors (Lipinski definition) is 8. The molecule has 4 unspecified atom stereocenters. The zero-order valence-electron chi connectivity index (χ0n) is 24.7. The van der Waals surface area contributed by atoms with E-state index in [4.69, 9.17) is 5.73 Å². The molecule has 2 heterocycles. The van der Waals surface area contributed by atoms with E-state index in [9.17, 15) is 29.4 Å². The van der Waals surface area contributed by atoms with Crippen LogP contribution in [0.2, 0.25) is 0 Å². The van der Waals surface area contributed by atoms with Crippen molar-refractivity contribution in [3.05, 3.63) is 84.1 Å². The summed E-state index contributed by atoms with van der Waals surface area (Å²) in [5.74, 6) is -2.48. The van der Waals surface area contributed by atoms with E-state index < -0.39 is 47.9 Å². The number of hydrogen-bond donors (Lipinski definition) is 8. The molecule has 0 bridgehead atoms. The van der Waals surface area contributed by atoms with Gasteiger partial charge < -0.3 is 41.9 Å². The normalized spacial score (nSPS) is 13.8. The Labute approximate surface area is 263 Å². The summed E-state index contributed by atoms with van der Waals surface area (Å²) >= 11 is 1.54. The number of carboxylic acid groups (broad SMARTS) is 1. The van der Waals surface area contributed by atoms with Crippen LogP contribution in [-0.2, 0) is 38.4 Å². The molecular formula is C31H37N7O6S. The van der Waals surface area contributed by atoms with E-state index in [1.165, 1.54) is 24.7 Å². The first-order chi connectivity index (χ1) is 21.6. The maximum atomic E-state index is 13.7. The van der Waals surface area contributed by atoms with Crippen molar-refractivity contribution < 1.29 is 29.4 Å². The van der Waals surface area contributed by atoms with Gasteiger partial charge in [-0.25, -0.2) is 9.78 Å². The molecule has 0 fully saturated rings. The van der Waals surface area contributed by atoms with E-state index in [1.807, 2.05) is 30.5 Å². The van der Waals surface area contributed by atoms with Crippen molar-refractivity contribution in [1.29, 1.82) is 0 Å². The molecule has 45 heavy (non-hydrogen) atoms. The number of imidazole rings is 1. The van der Waals surface area contributed by atoms with Gasteiger partial charge in [-0.15, -0.1) is 0 Å². The Morgan fingerprint density at radius 2 is 1.56 bits per heavy atom. The minimum atomic E-state index is -1.30. The maximum absolute atomic E-state index is 13.7. The topological polar surface area (TPSA) is 215 Å². The lowest BCUT2D eigenvalue weighted by molar-refractivity contribution is -0.142. The van der Waals surface area contributed by atoms with Gasteiger partial charge in [-0.05, 0) is 47.8 Å². The standard InChI is InChI=1S/C31H37N7O6S/c1-45-11-10-23(32)28(40)36-26(14-20-16-33-17-35-20)30(42)37-25(12-18-6-8-21(39)9-7-18)29(41)38-27(31(43)44)13-19-15-34-24-5-3-2-4-22(19)24/h2-9,15-17,23,25-27,34,39H,10-14,32H2,1H3,(H,33,35)(H,36,40)(H,37,42)(H,38,41)(H,43,44). The maximum Gasteiger partial charge on any atom is 0.326 e. The third-order valence-electron chi connectivity index (χ3n) is 7.30. The summed E-state index contributed by atoms with van der Waals surface area (Å²) in [5.41, 5.74) is 8.75. The molecule has 3 amide bonds. The van der Waals surface area contributed by atoms with Crippen LogP contribution in [-0.4, -0.2) is 85.0 Å². The summed E-state index contributed by atoms with van der Waals surface area (Å²) in [6.45, 7) is 0. The van der Waals surface area contributed by atoms with Crippen LogP contribution in [0.4, 0.5) is 0 Å². The van der Waals surface area contributed by atoms with Gasteiger partial charge in [0.2, 0.25) is 17.7 Å². The Morgan fingerprint density at radius 3 is 2.22 bits per heavy atom. The number of aromatic hydroxyl groups is 1. The molecule has 0 aliphatic rings. The number of carbonyl (C=O) groups excluding carboxylic acids is 3. The fraction of sp³-hybridized carbons (Fsp3) is 0.323. The van der Waals surface area contributed by atoms with Crippen LogP contribution in [0.5, 0.6) is 5.75 Å². The summed E-state index contributed by atoms with van der Waals surface area (Å²) in [6, 6.07) is 9.02. The van der Waals surface area contributed by atoms with Crippen LogP contribution in [0, 0.1) is 0 Å². The molecule has 4 atom stereocenters. The van der Waals surface area contributed by atoms with Gasteiger partial charge in [-0.2, -0.15) is 11.8 Å². The van der Waals surface area contributed by atoms with Crippen LogP contribution in [0.3, 0.4) is 0 Å². The van der Waals surface area contributed by atoms with Crippen molar-refractivity contribution >= 4 is 46.4 Å². The number of H-pyrrole nitrogens is 2. The number of phenols is 1. The highest BCUT2D eigenvalue weighted by Gasteiger charge is 2.31. The number of rotatable bonds is 16. The van der Waals surface area contributed by atoms with E-state index >= 15 is 0 Å². The molecular weight excluding hydrogens is 598 g/mol. The van der Waals surface area contributed by atoms with Crippen molar-refractivity contribution in [2.24, 2.45) is 5.73 Å². The van der Waals surface area contributed by atoms with Crippen molar-refractivity contribution in [2.75, 3.05) is 12.0 Å². The van der Waals surface area contributed by atoms with Crippen LogP contribution in [0.15, 0.2) is 67.3 Å². The molecule has 9 N–H and O–H groups in total.